The van der Waals surface area contributed by atoms with Crippen molar-refractivity contribution in [2.75, 3.05) is 10.2 Å². The number of nitrogens with zero attached hydrogens (tertiary/aromatic N) is 2. The molecule has 1 aromatic heterocycles. The van der Waals surface area contributed by atoms with Crippen LogP contribution in [0.1, 0.15) is 42.2 Å². The van der Waals surface area contributed by atoms with E-state index in [4.69, 9.17) is 0 Å². The lowest BCUT2D eigenvalue weighted by Crippen LogP contribution is -2.43. The number of fused-ring (bicyclic) bond motifs is 2. The number of aromatic nitrogens is 1. The van der Waals surface area contributed by atoms with Gasteiger partial charge in [0, 0.05) is 30.1 Å². The van der Waals surface area contributed by atoms with Gasteiger partial charge < -0.3 is 5.32 Å². The fraction of sp³-hybridized carbons (Fsp3) is 0.222. The van der Waals surface area contributed by atoms with E-state index in [1.807, 2.05) is 66.7 Å². The minimum atomic E-state index is -0.512. The van der Waals surface area contributed by atoms with Crippen LogP contribution in [0.2, 0.25) is 0 Å². The average molecular weight is 424 g/mol. The van der Waals surface area contributed by atoms with Crippen molar-refractivity contribution < 1.29 is 9.59 Å². The summed E-state index contributed by atoms with van der Waals surface area (Å²) in [6, 6.07) is 20.3. The molecule has 5 nitrogen and oxygen atoms in total. The molecule has 2 unspecified atom stereocenters. The molecule has 2 aromatic carbocycles. The number of benzene rings is 2. The zero-order valence-corrected chi connectivity index (χ0v) is 18.2. The van der Waals surface area contributed by atoms with E-state index in [1.165, 1.54) is 0 Å². The largest absolute Gasteiger partial charge is 0.357 e. The highest BCUT2D eigenvalue weighted by molar-refractivity contribution is 6.09. The Hall–Kier alpha value is -3.73. The molecule has 1 aliphatic carbocycles. The number of rotatable bonds is 2. The zero-order chi connectivity index (χ0) is 22.3. The molecule has 0 radical (unpaired) electrons. The highest BCUT2D eigenvalue weighted by atomic mass is 16.2. The second-order valence-electron chi connectivity index (χ2n) is 9.12. The molecule has 0 spiro atoms. The quantitative estimate of drug-likeness (QED) is 0.600. The predicted molar refractivity (Wildman–Crippen MR) is 125 cm³/mol. The van der Waals surface area contributed by atoms with Crippen LogP contribution in [0.3, 0.4) is 0 Å². The van der Waals surface area contributed by atoms with Crippen LogP contribution < -0.4 is 10.2 Å². The molecule has 32 heavy (non-hydrogen) atoms. The summed E-state index contributed by atoms with van der Waals surface area (Å²) < 4.78 is 0. The Morgan fingerprint density at radius 2 is 1.78 bits per heavy atom. The van der Waals surface area contributed by atoms with E-state index in [0.29, 0.717) is 12.0 Å². The molecule has 0 saturated carbocycles. The number of para-hydroxylation sites is 2. The van der Waals surface area contributed by atoms with Crippen LogP contribution in [0.5, 0.6) is 0 Å². The Bertz CT molecular complexity index is 1200. The Kier molecular flexibility index (Phi) is 4.89. The van der Waals surface area contributed by atoms with Gasteiger partial charge in [0.05, 0.1) is 23.3 Å². The van der Waals surface area contributed by atoms with Crippen LogP contribution in [0.25, 0.3) is 0 Å². The molecule has 1 amide bonds. The van der Waals surface area contributed by atoms with Crippen molar-refractivity contribution in [3.8, 4) is 0 Å². The second kappa shape index (κ2) is 7.75. The first-order valence-electron chi connectivity index (χ1n) is 10.8. The smallest absolute Gasteiger partial charge is 0.258 e. The Morgan fingerprint density at radius 1 is 1.03 bits per heavy atom. The van der Waals surface area contributed by atoms with Gasteiger partial charge in [-0.2, -0.15) is 0 Å². The van der Waals surface area contributed by atoms with Crippen molar-refractivity contribution >= 4 is 23.1 Å². The maximum atomic E-state index is 14.0. The summed E-state index contributed by atoms with van der Waals surface area (Å²) in [6.07, 6.45) is 6.03. The number of anilines is 2. The number of carbonyl (C=O) groups excluding carboxylic acids is 2. The van der Waals surface area contributed by atoms with E-state index < -0.39 is 12.0 Å². The molecule has 0 fully saturated rings. The summed E-state index contributed by atoms with van der Waals surface area (Å²) in [5.74, 6) is -0.535. The van der Waals surface area contributed by atoms with Gasteiger partial charge >= 0.3 is 0 Å². The third kappa shape index (κ3) is 3.50. The molecule has 5 heteroatoms. The number of hydrogen-bond acceptors (Lipinski definition) is 4. The van der Waals surface area contributed by atoms with Gasteiger partial charge in [0.1, 0.15) is 5.78 Å². The number of allylic oxidation sites excluding steroid dienone is 1. The highest BCUT2D eigenvalue weighted by Crippen LogP contribution is 2.48. The third-order valence-electron chi connectivity index (χ3n) is 6.16. The maximum Gasteiger partial charge on any atom is 0.258 e. The van der Waals surface area contributed by atoms with Crippen molar-refractivity contribution in [1.29, 1.82) is 0 Å². The summed E-state index contributed by atoms with van der Waals surface area (Å²) >= 11 is 0. The number of pyridine rings is 1. The minimum Gasteiger partial charge on any atom is -0.357 e. The van der Waals surface area contributed by atoms with Crippen LogP contribution in [0, 0.1) is 11.3 Å². The molecule has 160 valence electrons. The van der Waals surface area contributed by atoms with Crippen molar-refractivity contribution in [2.24, 2.45) is 11.3 Å². The van der Waals surface area contributed by atoms with Crippen molar-refractivity contribution in [3.05, 3.63) is 102 Å². The molecule has 2 atom stereocenters. The lowest BCUT2D eigenvalue weighted by atomic mass is 9.72. The Morgan fingerprint density at radius 3 is 2.53 bits per heavy atom. The summed E-state index contributed by atoms with van der Waals surface area (Å²) in [6.45, 7) is 4.14. The van der Waals surface area contributed by atoms with Crippen LogP contribution >= 0.6 is 0 Å². The average Bonchev–Trinajstić information content (AvgIpc) is 2.93. The van der Waals surface area contributed by atoms with Crippen molar-refractivity contribution in [2.45, 2.75) is 26.3 Å². The van der Waals surface area contributed by atoms with Crippen LogP contribution in [-0.2, 0) is 4.79 Å². The molecule has 2 aliphatic rings. The molecule has 0 bridgehead atoms. The SMILES string of the molecule is CC1(C)C=C2Nc3ccccc3N(C(=O)c3ccccc3)C(c3cccnc3)C2C(=O)C1. The molecular weight excluding hydrogens is 398 g/mol. The summed E-state index contributed by atoms with van der Waals surface area (Å²) in [5, 5.41) is 3.51. The molecule has 2 heterocycles. The zero-order valence-electron chi connectivity index (χ0n) is 18.2. The van der Waals surface area contributed by atoms with Gasteiger partial charge in [-0.1, -0.05) is 56.3 Å². The van der Waals surface area contributed by atoms with Gasteiger partial charge in [-0.3, -0.25) is 19.5 Å². The van der Waals surface area contributed by atoms with Crippen LogP contribution in [-0.4, -0.2) is 16.7 Å². The van der Waals surface area contributed by atoms with Gasteiger partial charge in [0.15, 0.2) is 0 Å². The van der Waals surface area contributed by atoms with E-state index >= 15 is 0 Å². The first-order valence-corrected chi connectivity index (χ1v) is 10.8. The van der Waals surface area contributed by atoms with E-state index in [9.17, 15) is 9.59 Å². The van der Waals surface area contributed by atoms with Crippen molar-refractivity contribution in [3.63, 3.8) is 0 Å². The Labute approximate surface area is 187 Å². The first kappa shape index (κ1) is 20.2. The van der Waals surface area contributed by atoms with Crippen LogP contribution in [0.15, 0.2) is 90.9 Å². The number of nitrogens with one attached hydrogen (secondary N) is 1. The second-order valence-corrected chi connectivity index (χ2v) is 9.12. The number of hydrogen-bond donors (Lipinski definition) is 1. The van der Waals surface area contributed by atoms with Gasteiger partial charge in [-0.25, -0.2) is 0 Å². The number of ketones is 1. The standard InChI is InChI=1S/C27H25N3O2/c1-27(2)15-21-24(23(31)16-27)25(19-11-8-14-28-17-19)30(22-13-7-6-12-20(22)29-21)26(32)18-9-4-3-5-10-18/h3-15,17,24-25,29H,16H2,1-2H3. The molecule has 5 rings (SSSR count). The monoisotopic (exact) mass is 423 g/mol. The summed E-state index contributed by atoms with van der Waals surface area (Å²) in [7, 11) is 0. The van der Waals surface area contributed by atoms with Gasteiger partial charge in [-0.05, 0) is 41.3 Å². The molecule has 3 aromatic rings. The van der Waals surface area contributed by atoms with E-state index in [2.05, 4.69) is 30.2 Å². The van der Waals surface area contributed by atoms with E-state index in [0.717, 1.165) is 22.6 Å². The van der Waals surface area contributed by atoms with E-state index in [1.54, 1.807) is 17.3 Å². The van der Waals surface area contributed by atoms with Gasteiger partial charge in [0.2, 0.25) is 0 Å². The molecule has 1 N–H and O–H groups in total. The van der Waals surface area contributed by atoms with Gasteiger partial charge in [-0.15, -0.1) is 0 Å². The molecule has 0 saturated heterocycles. The lowest BCUT2D eigenvalue weighted by molar-refractivity contribution is -0.124. The summed E-state index contributed by atoms with van der Waals surface area (Å²) in [5.41, 5.74) is 3.55. The topological polar surface area (TPSA) is 62.3 Å². The fourth-order valence-electron chi connectivity index (χ4n) is 4.85. The van der Waals surface area contributed by atoms with Crippen molar-refractivity contribution in [1.82, 2.24) is 4.98 Å². The normalized spacial score (nSPS) is 21.5. The first-order chi connectivity index (χ1) is 15.4. The van der Waals surface area contributed by atoms with E-state index in [-0.39, 0.29) is 17.1 Å². The number of amides is 1. The van der Waals surface area contributed by atoms with Gasteiger partial charge in [0.25, 0.3) is 5.91 Å². The highest BCUT2D eigenvalue weighted by Gasteiger charge is 2.46. The van der Waals surface area contributed by atoms with Crippen LogP contribution in [0.4, 0.5) is 11.4 Å². The lowest BCUT2D eigenvalue weighted by Gasteiger charge is -2.39. The number of carbonyl (C=O) groups is 2. The fourth-order valence-corrected chi connectivity index (χ4v) is 4.85. The third-order valence-corrected chi connectivity index (χ3v) is 6.16. The predicted octanol–water partition coefficient (Wildman–Crippen LogP) is 5.39. The summed E-state index contributed by atoms with van der Waals surface area (Å²) in [4.78, 5) is 33.6. The molecular formula is C27H25N3O2. The maximum absolute atomic E-state index is 14.0. The molecule has 1 aliphatic heterocycles. The Balaban J connectivity index is 1.78. The minimum absolute atomic E-state index is 0.118. The number of Topliss-reactive ketones (excluding diaryl/α,β-unsaturated/α-hetero) is 1.